The highest BCUT2D eigenvalue weighted by Crippen LogP contribution is 2.62. The minimum atomic E-state index is -5.98. The van der Waals surface area contributed by atoms with Crippen molar-refractivity contribution in [3.63, 3.8) is 0 Å². The van der Waals surface area contributed by atoms with Crippen molar-refractivity contribution in [2.75, 3.05) is 0 Å². The van der Waals surface area contributed by atoms with Crippen LogP contribution in [0.5, 0.6) is 0 Å². The molecule has 2 unspecified atom stereocenters. The van der Waals surface area contributed by atoms with Gasteiger partial charge >= 0.3 is 0 Å². The van der Waals surface area contributed by atoms with E-state index in [9.17, 15) is 28.9 Å². The van der Waals surface area contributed by atoms with Gasteiger partial charge in [0.1, 0.15) is 0 Å². The molecule has 1 aromatic rings. The lowest BCUT2D eigenvalue weighted by Crippen LogP contribution is -2.43. The Bertz CT molecular complexity index is 456. The minimum absolute atomic E-state index is 0.160. The van der Waals surface area contributed by atoms with Gasteiger partial charge in [0, 0.05) is 18.3 Å². The Morgan fingerprint density at radius 3 is 2.24 bits per heavy atom. The SMILES string of the molecule is O=P([O-])([O-])C(O)(Cc1ccccn1)P(=O)([O-])O. The van der Waals surface area contributed by atoms with Crippen LogP contribution in [0.4, 0.5) is 0 Å². The Kier molecular flexibility index (Phi) is 3.91. The molecule has 17 heavy (non-hydrogen) atoms. The van der Waals surface area contributed by atoms with Crippen molar-refractivity contribution in [2.45, 2.75) is 11.5 Å². The zero-order valence-corrected chi connectivity index (χ0v) is 10.1. The van der Waals surface area contributed by atoms with Crippen molar-refractivity contribution >= 4 is 15.2 Å². The number of aliphatic hydroxyl groups is 1. The fraction of sp³-hybridized carbons (Fsp3) is 0.286. The molecule has 0 amide bonds. The first-order valence-corrected chi connectivity index (χ1v) is 7.38. The van der Waals surface area contributed by atoms with Crippen LogP contribution in [0.1, 0.15) is 5.69 Å². The van der Waals surface area contributed by atoms with Gasteiger partial charge in [-0.1, -0.05) is 6.07 Å². The van der Waals surface area contributed by atoms with E-state index in [-0.39, 0.29) is 5.69 Å². The van der Waals surface area contributed by atoms with E-state index in [4.69, 9.17) is 4.89 Å². The molecule has 0 saturated carbocycles. The van der Waals surface area contributed by atoms with Crippen molar-refractivity contribution in [3.8, 4) is 0 Å². The highest BCUT2D eigenvalue weighted by atomic mass is 31.2. The van der Waals surface area contributed by atoms with E-state index in [0.717, 1.165) is 0 Å². The molecule has 10 heteroatoms. The highest BCUT2D eigenvalue weighted by molar-refractivity contribution is 7.70. The second-order valence-electron chi connectivity index (χ2n) is 3.29. The van der Waals surface area contributed by atoms with E-state index in [0.29, 0.717) is 0 Å². The zero-order chi connectivity index (χ0) is 13.3. The molecule has 2 atom stereocenters. The topological polar surface area (TPSA) is 157 Å². The molecule has 0 spiro atoms. The number of hydrogen-bond donors (Lipinski definition) is 2. The van der Waals surface area contributed by atoms with Gasteiger partial charge in [-0.2, -0.15) is 0 Å². The first-order chi connectivity index (χ1) is 7.58. The number of pyridine rings is 1. The Hall–Kier alpha value is -0.590. The number of rotatable bonds is 4. The van der Waals surface area contributed by atoms with Crippen LogP contribution in [0.3, 0.4) is 0 Å². The lowest BCUT2D eigenvalue weighted by atomic mass is 10.3. The van der Waals surface area contributed by atoms with Crippen molar-refractivity contribution in [2.24, 2.45) is 0 Å². The summed E-state index contributed by atoms with van der Waals surface area (Å²) in [6, 6.07) is 4.07. The van der Waals surface area contributed by atoms with Crippen LogP contribution in [-0.2, 0) is 15.6 Å². The first kappa shape index (κ1) is 14.5. The molecule has 2 N–H and O–H groups in total. The van der Waals surface area contributed by atoms with Crippen LogP contribution < -0.4 is 14.7 Å². The lowest BCUT2D eigenvalue weighted by Gasteiger charge is -2.49. The molecular formula is C7H8NO7P2-3. The lowest BCUT2D eigenvalue weighted by molar-refractivity contribution is -0.328. The molecule has 0 bridgehead atoms. The van der Waals surface area contributed by atoms with E-state index < -0.39 is 26.7 Å². The molecular weight excluding hydrogens is 272 g/mol. The zero-order valence-electron chi connectivity index (χ0n) is 8.29. The Balaban J connectivity index is 3.20. The van der Waals surface area contributed by atoms with Crippen LogP contribution in [-0.4, -0.2) is 20.1 Å². The van der Waals surface area contributed by atoms with Gasteiger partial charge in [0.2, 0.25) is 0 Å². The predicted octanol–water partition coefficient (Wildman–Crippen LogP) is -2.27. The van der Waals surface area contributed by atoms with Crippen molar-refractivity contribution in [1.29, 1.82) is 0 Å². The van der Waals surface area contributed by atoms with Gasteiger partial charge in [-0.05, 0) is 19.7 Å². The monoisotopic (exact) mass is 280 g/mol. The molecule has 0 aromatic carbocycles. The third-order valence-corrected chi connectivity index (χ3v) is 5.63. The predicted molar refractivity (Wildman–Crippen MR) is 50.3 cm³/mol. The number of nitrogens with zero attached hydrogens (tertiary/aromatic N) is 1. The van der Waals surface area contributed by atoms with Gasteiger partial charge in [-0.15, -0.1) is 0 Å². The molecule has 0 aliphatic rings. The van der Waals surface area contributed by atoms with Crippen LogP contribution in [0.25, 0.3) is 0 Å². The van der Waals surface area contributed by atoms with Crippen LogP contribution in [0.2, 0.25) is 0 Å². The molecule has 1 rings (SSSR count). The number of hydrogen-bond acceptors (Lipinski definition) is 7. The average Bonchev–Trinajstić information content (AvgIpc) is 2.15. The Morgan fingerprint density at radius 1 is 1.29 bits per heavy atom. The summed E-state index contributed by atoms with van der Waals surface area (Å²) < 4.78 is 21.6. The maximum atomic E-state index is 10.8. The van der Waals surface area contributed by atoms with E-state index in [1.54, 1.807) is 0 Å². The normalized spacial score (nSPS) is 19.4. The quantitative estimate of drug-likeness (QED) is 0.584. The van der Waals surface area contributed by atoms with E-state index >= 15 is 0 Å². The Labute approximate surface area is 96.3 Å². The molecule has 0 radical (unpaired) electrons. The summed E-state index contributed by atoms with van der Waals surface area (Å²) in [7, 11) is -11.8. The summed E-state index contributed by atoms with van der Waals surface area (Å²) in [5, 5.41) is 5.60. The van der Waals surface area contributed by atoms with Crippen molar-refractivity contribution in [3.05, 3.63) is 30.1 Å². The standard InChI is InChI=1S/C7H11NO7P2/c9-7(16(10,11)12,17(13,14)15)5-6-3-1-2-4-8-6/h1-4,9H,5H2,(H2,10,11,12)(H2,13,14,15)/p-3. The fourth-order valence-electron chi connectivity index (χ4n) is 1.10. The molecule has 8 nitrogen and oxygen atoms in total. The van der Waals surface area contributed by atoms with Gasteiger partial charge in [-0.3, -0.25) is 4.98 Å². The van der Waals surface area contributed by atoms with E-state index in [1.807, 2.05) is 0 Å². The molecule has 0 aliphatic heterocycles. The van der Waals surface area contributed by atoms with Gasteiger partial charge in [0.15, 0.2) is 12.7 Å². The smallest absolute Gasteiger partial charge is 0.169 e. The minimum Gasteiger partial charge on any atom is -0.808 e. The van der Waals surface area contributed by atoms with Crippen molar-refractivity contribution < 1.29 is 33.8 Å². The van der Waals surface area contributed by atoms with Gasteiger partial charge in [0.05, 0.1) is 0 Å². The fourth-order valence-corrected chi connectivity index (χ4v) is 3.05. The van der Waals surface area contributed by atoms with Gasteiger partial charge in [-0.25, -0.2) is 0 Å². The van der Waals surface area contributed by atoms with Gasteiger partial charge < -0.3 is 33.8 Å². The van der Waals surface area contributed by atoms with Crippen LogP contribution in [0, 0.1) is 0 Å². The summed E-state index contributed by atoms with van der Waals surface area (Å²) in [4.78, 5) is 44.6. The molecule has 0 aliphatic carbocycles. The second kappa shape index (κ2) is 4.59. The van der Waals surface area contributed by atoms with Gasteiger partial charge in [0.25, 0.3) is 0 Å². The summed E-state index contributed by atoms with van der Waals surface area (Å²) in [5.41, 5.74) is -0.160. The summed E-state index contributed by atoms with van der Waals surface area (Å²) >= 11 is 0. The second-order valence-corrected chi connectivity index (χ2v) is 7.16. The summed E-state index contributed by atoms with van der Waals surface area (Å²) in [5.74, 6) is 0. The van der Waals surface area contributed by atoms with E-state index in [1.165, 1.54) is 24.4 Å². The summed E-state index contributed by atoms with van der Waals surface area (Å²) in [6.07, 6.45) is 0.0821. The third kappa shape index (κ3) is 3.00. The molecule has 1 heterocycles. The molecule has 0 saturated heterocycles. The van der Waals surface area contributed by atoms with Crippen molar-refractivity contribution in [1.82, 2.24) is 4.98 Å². The van der Waals surface area contributed by atoms with E-state index in [2.05, 4.69) is 4.98 Å². The molecule has 1 aromatic heterocycles. The maximum Gasteiger partial charge on any atom is 0.169 e. The summed E-state index contributed by atoms with van der Waals surface area (Å²) in [6.45, 7) is 0. The molecule has 96 valence electrons. The third-order valence-electron chi connectivity index (χ3n) is 2.04. The van der Waals surface area contributed by atoms with Crippen LogP contribution >= 0.6 is 15.2 Å². The maximum absolute atomic E-state index is 10.8. The largest absolute Gasteiger partial charge is 0.808 e. The average molecular weight is 280 g/mol. The van der Waals surface area contributed by atoms with Crippen LogP contribution in [0.15, 0.2) is 24.4 Å². The Morgan fingerprint density at radius 2 is 1.88 bits per heavy atom. The highest BCUT2D eigenvalue weighted by Gasteiger charge is 2.42. The molecule has 0 fully saturated rings. The number of aromatic nitrogens is 1. The first-order valence-electron chi connectivity index (χ1n) is 4.26.